The van der Waals surface area contributed by atoms with Crippen molar-refractivity contribution in [1.82, 2.24) is 0 Å². The third kappa shape index (κ3) is 3.79. The standard InChI is InChI=1S/C25H27NO6/c1-29-16-8-9-23(32-4)19(13-16)20-14-24(28)26(21-6-5-7-22(27)25(20)21)15-10-17(30-2)12-18(11-15)31-3/h8-13,20H,5-7,14H2,1-4H3. The van der Waals surface area contributed by atoms with Crippen molar-refractivity contribution in [3.8, 4) is 23.0 Å². The van der Waals surface area contributed by atoms with Gasteiger partial charge in [-0.2, -0.15) is 0 Å². The first kappa shape index (κ1) is 21.7. The van der Waals surface area contributed by atoms with Crippen LogP contribution in [0.3, 0.4) is 0 Å². The van der Waals surface area contributed by atoms with Crippen LogP contribution in [0.25, 0.3) is 0 Å². The van der Waals surface area contributed by atoms with Crippen LogP contribution in [0.5, 0.6) is 23.0 Å². The van der Waals surface area contributed by atoms with Crippen LogP contribution in [-0.2, 0) is 9.59 Å². The molecule has 32 heavy (non-hydrogen) atoms. The van der Waals surface area contributed by atoms with Crippen LogP contribution in [0, 0.1) is 0 Å². The molecule has 1 aliphatic carbocycles. The van der Waals surface area contributed by atoms with Gasteiger partial charge in [0.2, 0.25) is 5.91 Å². The SMILES string of the molecule is COc1cc(OC)cc(N2C(=O)CC(c3cc(OC)ccc3OC)C3=C2CCCC3=O)c1. The van der Waals surface area contributed by atoms with Crippen LogP contribution in [0.2, 0.25) is 0 Å². The van der Waals surface area contributed by atoms with Gasteiger partial charge in [0.15, 0.2) is 5.78 Å². The normalized spacial score (nSPS) is 18.4. The fourth-order valence-corrected chi connectivity index (χ4v) is 4.59. The second-order valence-electron chi connectivity index (χ2n) is 7.80. The molecular weight excluding hydrogens is 410 g/mol. The summed E-state index contributed by atoms with van der Waals surface area (Å²) in [6, 6.07) is 10.8. The molecule has 1 atom stereocenters. The van der Waals surface area contributed by atoms with Crippen molar-refractivity contribution in [2.75, 3.05) is 33.3 Å². The monoisotopic (exact) mass is 437 g/mol. The van der Waals surface area contributed by atoms with E-state index in [1.54, 1.807) is 57.6 Å². The van der Waals surface area contributed by atoms with E-state index in [0.29, 0.717) is 53.5 Å². The fourth-order valence-electron chi connectivity index (χ4n) is 4.59. The van der Waals surface area contributed by atoms with E-state index in [1.807, 2.05) is 12.1 Å². The lowest BCUT2D eigenvalue weighted by molar-refractivity contribution is -0.119. The molecule has 0 N–H and O–H groups in total. The van der Waals surface area contributed by atoms with Gasteiger partial charge in [-0.3, -0.25) is 14.5 Å². The van der Waals surface area contributed by atoms with Crippen LogP contribution >= 0.6 is 0 Å². The Morgan fingerprint density at radius 3 is 2.12 bits per heavy atom. The molecule has 2 aromatic carbocycles. The maximum absolute atomic E-state index is 13.5. The Bertz CT molecular complexity index is 1070. The summed E-state index contributed by atoms with van der Waals surface area (Å²) < 4.78 is 21.8. The summed E-state index contributed by atoms with van der Waals surface area (Å²) in [6.45, 7) is 0. The van der Waals surface area contributed by atoms with E-state index in [4.69, 9.17) is 18.9 Å². The zero-order chi connectivity index (χ0) is 22.8. The average molecular weight is 437 g/mol. The Morgan fingerprint density at radius 1 is 0.812 bits per heavy atom. The Kier molecular flexibility index (Phi) is 6.08. The molecule has 0 spiro atoms. The number of ketones is 1. The molecule has 2 aliphatic rings. The first-order chi connectivity index (χ1) is 15.5. The number of rotatable bonds is 6. The maximum Gasteiger partial charge on any atom is 0.232 e. The number of Topliss-reactive ketones (excluding diaryl/α,β-unsaturated/α-hetero) is 1. The van der Waals surface area contributed by atoms with E-state index in [1.165, 1.54) is 0 Å². The second-order valence-corrected chi connectivity index (χ2v) is 7.80. The fraction of sp³-hybridized carbons (Fsp3) is 0.360. The molecule has 4 rings (SSSR count). The molecular formula is C25H27NO6. The molecule has 0 saturated carbocycles. The lowest BCUT2D eigenvalue weighted by atomic mass is 9.76. The van der Waals surface area contributed by atoms with Crippen LogP contribution in [-0.4, -0.2) is 40.1 Å². The number of allylic oxidation sites excluding steroid dienone is 2. The first-order valence-corrected chi connectivity index (χ1v) is 10.5. The van der Waals surface area contributed by atoms with Crippen LogP contribution < -0.4 is 23.8 Å². The van der Waals surface area contributed by atoms with Gasteiger partial charge in [-0.15, -0.1) is 0 Å². The summed E-state index contributed by atoms with van der Waals surface area (Å²) in [4.78, 5) is 28.4. The minimum Gasteiger partial charge on any atom is -0.497 e. The predicted molar refractivity (Wildman–Crippen MR) is 120 cm³/mol. The molecule has 1 heterocycles. The van der Waals surface area contributed by atoms with Gasteiger partial charge in [-0.1, -0.05) is 0 Å². The lowest BCUT2D eigenvalue weighted by Gasteiger charge is -2.38. The average Bonchev–Trinajstić information content (AvgIpc) is 2.82. The number of hydrogen-bond acceptors (Lipinski definition) is 6. The van der Waals surface area contributed by atoms with Crippen molar-refractivity contribution in [2.45, 2.75) is 31.6 Å². The number of anilines is 1. The minimum atomic E-state index is -0.390. The molecule has 168 valence electrons. The molecule has 0 saturated heterocycles. The number of amides is 1. The molecule has 7 nitrogen and oxygen atoms in total. The zero-order valence-corrected chi connectivity index (χ0v) is 18.8. The quantitative estimate of drug-likeness (QED) is 0.673. The Morgan fingerprint density at radius 2 is 1.50 bits per heavy atom. The van der Waals surface area contributed by atoms with E-state index < -0.39 is 0 Å². The third-order valence-electron chi connectivity index (χ3n) is 6.08. The molecule has 1 unspecified atom stereocenters. The van der Waals surface area contributed by atoms with Gasteiger partial charge in [0, 0.05) is 53.8 Å². The van der Waals surface area contributed by atoms with Gasteiger partial charge in [-0.25, -0.2) is 0 Å². The van der Waals surface area contributed by atoms with E-state index >= 15 is 0 Å². The van der Waals surface area contributed by atoms with Crippen LogP contribution in [0.4, 0.5) is 5.69 Å². The molecule has 0 fully saturated rings. The number of benzene rings is 2. The summed E-state index contributed by atoms with van der Waals surface area (Å²) in [7, 11) is 6.31. The highest BCUT2D eigenvalue weighted by Gasteiger charge is 2.41. The summed E-state index contributed by atoms with van der Waals surface area (Å²) in [5.41, 5.74) is 2.82. The van der Waals surface area contributed by atoms with Gasteiger partial charge >= 0.3 is 0 Å². The van der Waals surface area contributed by atoms with Gasteiger partial charge in [0.05, 0.1) is 34.1 Å². The van der Waals surface area contributed by atoms with Crippen molar-refractivity contribution in [3.05, 3.63) is 53.2 Å². The zero-order valence-electron chi connectivity index (χ0n) is 18.8. The highest BCUT2D eigenvalue weighted by atomic mass is 16.5. The maximum atomic E-state index is 13.5. The molecule has 0 radical (unpaired) electrons. The Balaban J connectivity index is 1.89. The summed E-state index contributed by atoms with van der Waals surface area (Å²) in [5.74, 6) is 2.02. The van der Waals surface area contributed by atoms with E-state index in [2.05, 4.69) is 0 Å². The molecule has 0 aromatic heterocycles. The van der Waals surface area contributed by atoms with E-state index in [9.17, 15) is 9.59 Å². The van der Waals surface area contributed by atoms with Crippen molar-refractivity contribution in [1.29, 1.82) is 0 Å². The van der Waals surface area contributed by atoms with Gasteiger partial charge in [0.1, 0.15) is 23.0 Å². The molecule has 2 aromatic rings. The molecule has 1 amide bonds. The highest BCUT2D eigenvalue weighted by Crippen LogP contribution is 2.47. The molecule has 1 aliphatic heterocycles. The van der Waals surface area contributed by atoms with Crippen LogP contribution in [0.1, 0.15) is 37.2 Å². The first-order valence-electron chi connectivity index (χ1n) is 10.5. The topological polar surface area (TPSA) is 74.3 Å². The minimum absolute atomic E-state index is 0.0634. The van der Waals surface area contributed by atoms with Crippen molar-refractivity contribution >= 4 is 17.4 Å². The van der Waals surface area contributed by atoms with E-state index in [-0.39, 0.29) is 24.0 Å². The summed E-state index contributed by atoms with van der Waals surface area (Å²) in [5, 5.41) is 0. The Hall–Kier alpha value is -3.48. The number of carbonyl (C=O) groups is 2. The second kappa shape index (κ2) is 8.94. The molecule has 7 heteroatoms. The number of hydrogen-bond donors (Lipinski definition) is 0. The smallest absolute Gasteiger partial charge is 0.232 e. The van der Waals surface area contributed by atoms with Gasteiger partial charge in [0.25, 0.3) is 0 Å². The van der Waals surface area contributed by atoms with Gasteiger partial charge in [-0.05, 0) is 31.0 Å². The lowest BCUT2D eigenvalue weighted by Crippen LogP contribution is -2.40. The van der Waals surface area contributed by atoms with E-state index in [0.717, 1.165) is 11.3 Å². The predicted octanol–water partition coefficient (Wildman–Crippen LogP) is 4.25. The Labute approximate surface area is 187 Å². The van der Waals surface area contributed by atoms with Crippen molar-refractivity contribution in [2.24, 2.45) is 0 Å². The van der Waals surface area contributed by atoms with Crippen LogP contribution in [0.15, 0.2) is 47.7 Å². The number of methoxy groups -OCH3 is 4. The summed E-state index contributed by atoms with van der Waals surface area (Å²) >= 11 is 0. The van der Waals surface area contributed by atoms with Crippen molar-refractivity contribution in [3.63, 3.8) is 0 Å². The van der Waals surface area contributed by atoms with Gasteiger partial charge < -0.3 is 18.9 Å². The third-order valence-corrected chi connectivity index (χ3v) is 6.08. The molecule has 0 bridgehead atoms. The highest BCUT2D eigenvalue weighted by molar-refractivity contribution is 6.07. The number of ether oxygens (including phenoxy) is 4. The largest absolute Gasteiger partial charge is 0.497 e. The van der Waals surface area contributed by atoms with Crippen molar-refractivity contribution < 1.29 is 28.5 Å². The summed E-state index contributed by atoms with van der Waals surface area (Å²) in [6.07, 6.45) is 1.94. The number of nitrogens with zero attached hydrogens (tertiary/aromatic N) is 1. The number of carbonyl (C=O) groups excluding carboxylic acids is 2.